The van der Waals surface area contributed by atoms with Crippen molar-refractivity contribution >= 4 is 23.7 Å². The van der Waals surface area contributed by atoms with E-state index in [2.05, 4.69) is 20.6 Å². The molecule has 0 saturated heterocycles. The SMILES string of the molecule is CC(C)C(=O)Nc1ncc(C(=O)CNC(=O)OC(C)(C)C)cn1. The number of anilines is 1. The first-order valence-corrected chi connectivity index (χ1v) is 7.21. The third-order valence-electron chi connectivity index (χ3n) is 2.53. The molecule has 0 spiro atoms. The molecule has 0 aliphatic rings. The summed E-state index contributed by atoms with van der Waals surface area (Å²) < 4.78 is 5.03. The standard InChI is InChI=1S/C15H22N4O4/c1-9(2)12(21)19-13-16-6-10(7-17-13)11(20)8-18-14(22)23-15(3,4)5/h6-7,9H,8H2,1-5H3,(H,18,22)(H,16,17,19,21). The molecule has 1 heterocycles. The van der Waals surface area contributed by atoms with Gasteiger partial charge in [0, 0.05) is 18.3 Å². The van der Waals surface area contributed by atoms with Gasteiger partial charge < -0.3 is 10.1 Å². The second-order valence-electron chi connectivity index (χ2n) is 6.22. The summed E-state index contributed by atoms with van der Waals surface area (Å²) in [5, 5.41) is 4.88. The lowest BCUT2D eigenvalue weighted by Gasteiger charge is -2.19. The molecule has 8 heteroatoms. The average molecular weight is 322 g/mol. The number of hydrogen-bond acceptors (Lipinski definition) is 6. The van der Waals surface area contributed by atoms with E-state index in [0.717, 1.165) is 0 Å². The van der Waals surface area contributed by atoms with E-state index in [4.69, 9.17) is 4.74 Å². The maximum atomic E-state index is 11.9. The number of ketones is 1. The molecule has 0 aliphatic heterocycles. The fraction of sp³-hybridized carbons (Fsp3) is 0.533. The van der Waals surface area contributed by atoms with Gasteiger partial charge in [-0.15, -0.1) is 0 Å². The largest absolute Gasteiger partial charge is 0.444 e. The van der Waals surface area contributed by atoms with Crippen molar-refractivity contribution in [2.75, 3.05) is 11.9 Å². The van der Waals surface area contributed by atoms with Gasteiger partial charge in [0.25, 0.3) is 0 Å². The van der Waals surface area contributed by atoms with E-state index in [-0.39, 0.29) is 35.7 Å². The molecule has 0 radical (unpaired) electrons. The van der Waals surface area contributed by atoms with Crippen LogP contribution < -0.4 is 10.6 Å². The van der Waals surface area contributed by atoms with Crippen LogP contribution in [-0.2, 0) is 9.53 Å². The first-order chi connectivity index (χ1) is 10.6. The normalized spacial score (nSPS) is 11.0. The van der Waals surface area contributed by atoms with Crippen LogP contribution in [0, 0.1) is 5.92 Å². The van der Waals surface area contributed by atoms with E-state index in [1.165, 1.54) is 12.4 Å². The maximum Gasteiger partial charge on any atom is 0.408 e. The molecule has 0 unspecified atom stereocenters. The van der Waals surface area contributed by atoms with Gasteiger partial charge in [-0.1, -0.05) is 13.8 Å². The van der Waals surface area contributed by atoms with E-state index in [1.54, 1.807) is 34.6 Å². The second-order valence-corrected chi connectivity index (χ2v) is 6.22. The fourth-order valence-corrected chi connectivity index (χ4v) is 1.36. The molecule has 1 aromatic heterocycles. The van der Waals surface area contributed by atoms with Crippen LogP contribution in [0.15, 0.2) is 12.4 Å². The van der Waals surface area contributed by atoms with Crippen molar-refractivity contribution in [1.82, 2.24) is 15.3 Å². The highest BCUT2D eigenvalue weighted by molar-refractivity contribution is 5.98. The summed E-state index contributed by atoms with van der Waals surface area (Å²) in [6, 6.07) is 0. The van der Waals surface area contributed by atoms with Gasteiger partial charge in [0.2, 0.25) is 11.9 Å². The predicted octanol–water partition coefficient (Wildman–Crippen LogP) is 1.78. The smallest absolute Gasteiger partial charge is 0.408 e. The molecule has 2 amide bonds. The summed E-state index contributed by atoms with van der Waals surface area (Å²) in [6.07, 6.45) is 1.91. The predicted molar refractivity (Wildman–Crippen MR) is 84.1 cm³/mol. The highest BCUT2D eigenvalue weighted by Gasteiger charge is 2.17. The van der Waals surface area contributed by atoms with Crippen LogP contribution in [0.25, 0.3) is 0 Å². The molecule has 1 rings (SSSR count). The molecule has 8 nitrogen and oxygen atoms in total. The summed E-state index contributed by atoms with van der Waals surface area (Å²) in [4.78, 5) is 42.7. The molecule has 0 bridgehead atoms. The minimum absolute atomic E-state index is 0.125. The van der Waals surface area contributed by atoms with Gasteiger partial charge in [0.1, 0.15) is 5.60 Å². The van der Waals surface area contributed by atoms with Gasteiger partial charge in [-0.2, -0.15) is 0 Å². The Morgan fingerprint density at radius 3 is 2.22 bits per heavy atom. The van der Waals surface area contributed by atoms with Crippen LogP contribution in [0.5, 0.6) is 0 Å². The molecule has 0 aliphatic carbocycles. The summed E-state index contributed by atoms with van der Waals surface area (Å²) in [6.45, 7) is 8.45. The van der Waals surface area contributed by atoms with Crippen LogP contribution in [0.1, 0.15) is 45.0 Å². The number of hydrogen-bond donors (Lipinski definition) is 2. The van der Waals surface area contributed by atoms with Gasteiger partial charge in [-0.05, 0) is 20.8 Å². The second kappa shape index (κ2) is 7.66. The molecule has 1 aromatic rings. The van der Waals surface area contributed by atoms with Crippen LogP contribution in [0.2, 0.25) is 0 Å². The topological polar surface area (TPSA) is 110 Å². The van der Waals surface area contributed by atoms with Gasteiger partial charge in [0.15, 0.2) is 5.78 Å². The number of alkyl carbamates (subject to hydrolysis) is 1. The van der Waals surface area contributed by atoms with Crippen LogP contribution in [0.4, 0.5) is 10.7 Å². The molecule has 2 N–H and O–H groups in total. The summed E-state index contributed by atoms with van der Waals surface area (Å²) in [5.41, 5.74) is -0.407. The Bertz CT molecular complexity index is 576. The zero-order valence-electron chi connectivity index (χ0n) is 14.0. The van der Waals surface area contributed by atoms with Gasteiger partial charge in [-0.25, -0.2) is 14.8 Å². The zero-order chi connectivity index (χ0) is 17.6. The monoisotopic (exact) mass is 322 g/mol. The minimum Gasteiger partial charge on any atom is -0.444 e. The highest BCUT2D eigenvalue weighted by Crippen LogP contribution is 2.07. The van der Waals surface area contributed by atoms with Crippen molar-refractivity contribution in [2.24, 2.45) is 5.92 Å². The van der Waals surface area contributed by atoms with Crippen LogP contribution >= 0.6 is 0 Å². The van der Waals surface area contributed by atoms with Gasteiger partial charge >= 0.3 is 6.09 Å². The lowest BCUT2D eigenvalue weighted by Crippen LogP contribution is -2.35. The van der Waals surface area contributed by atoms with Crippen LogP contribution in [0.3, 0.4) is 0 Å². The lowest BCUT2D eigenvalue weighted by molar-refractivity contribution is -0.118. The fourth-order valence-electron chi connectivity index (χ4n) is 1.36. The Balaban J connectivity index is 2.54. The number of carbonyl (C=O) groups excluding carboxylic acids is 3. The Labute approximate surface area is 135 Å². The number of ether oxygens (including phenoxy) is 1. The Kier molecular flexibility index (Phi) is 6.18. The highest BCUT2D eigenvalue weighted by atomic mass is 16.6. The van der Waals surface area contributed by atoms with Gasteiger partial charge in [-0.3, -0.25) is 14.9 Å². The molecular weight excluding hydrogens is 300 g/mol. The first-order valence-electron chi connectivity index (χ1n) is 7.21. The van der Waals surface area contributed by atoms with Crippen LogP contribution in [-0.4, -0.2) is 39.9 Å². The Morgan fingerprint density at radius 1 is 1.17 bits per heavy atom. The number of aromatic nitrogens is 2. The molecule has 0 atom stereocenters. The number of amides is 2. The summed E-state index contributed by atoms with van der Waals surface area (Å²) >= 11 is 0. The van der Waals surface area contributed by atoms with E-state index >= 15 is 0 Å². The third kappa shape index (κ3) is 6.86. The number of Topliss-reactive ketones (excluding diaryl/α,β-unsaturated/α-hetero) is 1. The number of carbonyl (C=O) groups is 3. The Hall–Kier alpha value is -2.51. The number of rotatable bonds is 5. The van der Waals surface area contributed by atoms with Crippen molar-refractivity contribution in [3.63, 3.8) is 0 Å². The molecular formula is C15H22N4O4. The lowest BCUT2D eigenvalue weighted by atomic mass is 10.2. The summed E-state index contributed by atoms with van der Waals surface area (Å²) in [5.74, 6) is -0.647. The Morgan fingerprint density at radius 2 is 1.74 bits per heavy atom. The van der Waals surface area contributed by atoms with Crippen molar-refractivity contribution in [3.8, 4) is 0 Å². The number of nitrogens with one attached hydrogen (secondary N) is 2. The third-order valence-corrected chi connectivity index (χ3v) is 2.53. The molecule has 0 saturated carbocycles. The van der Waals surface area contributed by atoms with E-state index in [1.807, 2.05) is 0 Å². The van der Waals surface area contributed by atoms with Crippen molar-refractivity contribution in [3.05, 3.63) is 18.0 Å². The molecule has 0 aromatic carbocycles. The quantitative estimate of drug-likeness (QED) is 0.799. The minimum atomic E-state index is -0.674. The van der Waals surface area contributed by atoms with Crippen molar-refractivity contribution < 1.29 is 19.1 Å². The van der Waals surface area contributed by atoms with E-state index < -0.39 is 11.7 Å². The van der Waals surface area contributed by atoms with Crippen molar-refractivity contribution in [2.45, 2.75) is 40.2 Å². The molecule has 126 valence electrons. The number of nitrogens with zero attached hydrogens (tertiary/aromatic N) is 2. The first kappa shape index (κ1) is 18.5. The van der Waals surface area contributed by atoms with Gasteiger partial charge in [0.05, 0.1) is 12.1 Å². The maximum absolute atomic E-state index is 11.9. The van der Waals surface area contributed by atoms with Crippen molar-refractivity contribution in [1.29, 1.82) is 0 Å². The molecule has 23 heavy (non-hydrogen) atoms. The van der Waals surface area contributed by atoms with E-state index in [0.29, 0.717) is 0 Å². The molecule has 0 fully saturated rings. The zero-order valence-corrected chi connectivity index (χ0v) is 14.0. The average Bonchev–Trinajstić information content (AvgIpc) is 2.43. The summed E-state index contributed by atoms with van der Waals surface area (Å²) in [7, 11) is 0. The van der Waals surface area contributed by atoms with E-state index in [9.17, 15) is 14.4 Å².